The van der Waals surface area contributed by atoms with Gasteiger partial charge >= 0.3 is 0 Å². The molecule has 0 amide bonds. The minimum atomic E-state index is 0.700. The number of rotatable bonds is 5. The Balaban J connectivity index is 1.71. The summed E-state index contributed by atoms with van der Waals surface area (Å²) in [5.41, 5.74) is 1.14. The van der Waals surface area contributed by atoms with Gasteiger partial charge in [-0.05, 0) is 57.7 Å². The predicted molar refractivity (Wildman–Crippen MR) is 83.1 cm³/mol. The number of halogens is 1. The molecule has 1 aromatic carbocycles. The van der Waals surface area contributed by atoms with Crippen LogP contribution in [0, 0.1) is 0 Å². The third-order valence-corrected chi connectivity index (χ3v) is 4.11. The van der Waals surface area contributed by atoms with Crippen LogP contribution in [0.15, 0.2) is 24.3 Å². The van der Waals surface area contributed by atoms with Crippen molar-refractivity contribution in [3.8, 4) is 0 Å². The number of hydrogen-bond donors (Lipinski definition) is 1. The van der Waals surface area contributed by atoms with E-state index in [0.29, 0.717) is 6.04 Å². The Morgan fingerprint density at radius 2 is 2.11 bits per heavy atom. The van der Waals surface area contributed by atoms with Gasteiger partial charge in [-0.15, -0.1) is 0 Å². The molecule has 0 bridgehead atoms. The second kappa shape index (κ2) is 7.13. The van der Waals surface area contributed by atoms with Crippen molar-refractivity contribution < 1.29 is 0 Å². The SMILES string of the molecule is CN1CCCC(N(C)CCNc2ccc(Cl)cc2)C1. The van der Waals surface area contributed by atoms with E-state index in [1.165, 1.54) is 25.9 Å². The summed E-state index contributed by atoms with van der Waals surface area (Å²) in [4.78, 5) is 4.90. The lowest BCUT2D eigenvalue weighted by Crippen LogP contribution is -2.46. The highest BCUT2D eigenvalue weighted by molar-refractivity contribution is 6.30. The summed E-state index contributed by atoms with van der Waals surface area (Å²) in [6, 6.07) is 8.59. The highest BCUT2D eigenvalue weighted by Crippen LogP contribution is 2.14. The molecule has 0 radical (unpaired) electrons. The number of likely N-dealkylation sites (N-methyl/N-ethyl adjacent to an activating group) is 2. The van der Waals surface area contributed by atoms with Gasteiger partial charge in [-0.25, -0.2) is 0 Å². The van der Waals surface area contributed by atoms with Crippen molar-refractivity contribution >= 4 is 17.3 Å². The van der Waals surface area contributed by atoms with E-state index in [1.54, 1.807) is 0 Å². The van der Waals surface area contributed by atoms with E-state index in [9.17, 15) is 0 Å². The molecule has 19 heavy (non-hydrogen) atoms. The second-order valence-corrected chi connectivity index (χ2v) is 5.91. The van der Waals surface area contributed by atoms with Gasteiger partial charge in [0.1, 0.15) is 0 Å². The molecule has 1 N–H and O–H groups in total. The quantitative estimate of drug-likeness (QED) is 0.895. The van der Waals surface area contributed by atoms with E-state index in [-0.39, 0.29) is 0 Å². The molecule has 1 saturated heterocycles. The Kier molecular flexibility index (Phi) is 5.49. The van der Waals surface area contributed by atoms with Gasteiger partial charge in [0.15, 0.2) is 0 Å². The molecule has 1 heterocycles. The molecular formula is C15H24ClN3. The largest absolute Gasteiger partial charge is 0.384 e. The molecular weight excluding hydrogens is 258 g/mol. The smallest absolute Gasteiger partial charge is 0.0407 e. The van der Waals surface area contributed by atoms with Crippen molar-refractivity contribution in [2.45, 2.75) is 18.9 Å². The first kappa shape index (κ1) is 14.6. The molecule has 2 rings (SSSR count). The second-order valence-electron chi connectivity index (χ2n) is 5.47. The molecule has 1 aromatic rings. The Morgan fingerprint density at radius 1 is 1.37 bits per heavy atom. The molecule has 106 valence electrons. The van der Waals surface area contributed by atoms with Gasteiger partial charge in [0, 0.05) is 36.4 Å². The fourth-order valence-corrected chi connectivity index (χ4v) is 2.75. The maximum Gasteiger partial charge on any atom is 0.0407 e. The van der Waals surface area contributed by atoms with Crippen LogP contribution in [-0.4, -0.2) is 56.1 Å². The van der Waals surface area contributed by atoms with Gasteiger partial charge in [-0.1, -0.05) is 11.6 Å². The molecule has 3 nitrogen and oxygen atoms in total. The van der Waals surface area contributed by atoms with Crippen LogP contribution >= 0.6 is 11.6 Å². The molecule has 1 atom stereocenters. The average Bonchev–Trinajstić information content (AvgIpc) is 2.41. The molecule has 4 heteroatoms. The number of nitrogens with zero attached hydrogens (tertiary/aromatic N) is 2. The average molecular weight is 282 g/mol. The molecule has 1 aliphatic rings. The van der Waals surface area contributed by atoms with Crippen molar-refractivity contribution in [1.29, 1.82) is 0 Å². The van der Waals surface area contributed by atoms with Crippen LogP contribution in [0.3, 0.4) is 0 Å². The molecule has 1 unspecified atom stereocenters. The minimum Gasteiger partial charge on any atom is -0.384 e. The highest BCUT2D eigenvalue weighted by atomic mass is 35.5. The third kappa shape index (κ3) is 4.68. The van der Waals surface area contributed by atoms with E-state index >= 15 is 0 Å². The van der Waals surface area contributed by atoms with E-state index < -0.39 is 0 Å². The summed E-state index contributed by atoms with van der Waals surface area (Å²) in [5, 5.41) is 4.22. The van der Waals surface area contributed by atoms with E-state index in [0.717, 1.165) is 23.8 Å². The van der Waals surface area contributed by atoms with Crippen LogP contribution in [0.1, 0.15) is 12.8 Å². The van der Waals surface area contributed by atoms with Crippen molar-refractivity contribution in [3.05, 3.63) is 29.3 Å². The van der Waals surface area contributed by atoms with Gasteiger partial charge in [-0.3, -0.25) is 0 Å². The number of hydrogen-bond acceptors (Lipinski definition) is 3. The standard InChI is InChI=1S/C15H24ClN3/c1-18-10-3-4-15(12-18)19(2)11-9-17-14-7-5-13(16)6-8-14/h5-8,15,17H,3-4,9-12H2,1-2H3. The fourth-order valence-electron chi connectivity index (χ4n) is 2.63. The summed E-state index contributed by atoms with van der Waals surface area (Å²) in [7, 11) is 4.44. The Labute approximate surface area is 121 Å². The number of anilines is 1. The maximum absolute atomic E-state index is 5.87. The van der Waals surface area contributed by atoms with Crippen molar-refractivity contribution in [2.75, 3.05) is 45.6 Å². The highest BCUT2D eigenvalue weighted by Gasteiger charge is 2.20. The van der Waals surface area contributed by atoms with Crippen LogP contribution in [0.4, 0.5) is 5.69 Å². The van der Waals surface area contributed by atoms with Crippen LogP contribution in [-0.2, 0) is 0 Å². The first-order valence-electron chi connectivity index (χ1n) is 7.03. The van der Waals surface area contributed by atoms with Crippen molar-refractivity contribution in [1.82, 2.24) is 9.80 Å². The number of likely N-dealkylation sites (tertiary alicyclic amines) is 1. The molecule has 1 fully saturated rings. The van der Waals surface area contributed by atoms with Gasteiger partial charge in [0.05, 0.1) is 0 Å². The zero-order valence-corrected chi connectivity index (χ0v) is 12.7. The first-order chi connectivity index (χ1) is 9.15. The lowest BCUT2D eigenvalue weighted by Gasteiger charge is -2.35. The van der Waals surface area contributed by atoms with E-state index in [2.05, 4.69) is 29.2 Å². The topological polar surface area (TPSA) is 18.5 Å². The maximum atomic E-state index is 5.87. The molecule has 0 saturated carbocycles. The monoisotopic (exact) mass is 281 g/mol. The van der Waals surface area contributed by atoms with E-state index in [4.69, 9.17) is 11.6 Å². The van der Waals surface area contributed by atoms with Crippen LogP contribution in [0.5, 0.6) is 0 Å². The summed E-state index contributed by atoms with van der Waals surface area (Å²) < 4.78 is 0. The number of benzene rings is 1. The van der Waals surface area contributed by atoms with Gasteiger partial charge in [-0.2, -0.15) is 0 Å². The number of nitrogens with one attached hydrogen (secondary N) is 1. The summed E-state index contributed by atoms with van der Waals surface area (Å²) in [6.45, 7) is 4.48. The Bertz CT molecular complexity index is 379. The van der Waals surface area contributed by atoms with Crippen LogP contribution in [0.25, 0.3) is 0 Å². The zero-order valence-electron chi connectivity index (χ0n) is 11.9. The minimum absolute atomic E-state index is 0.700. The molecule has 0 aliphatic carbocycles. The van der Waals surface area contributed by atoms with E-state index in [1.807, 2.05) is 24.3 Å². The first-order valence-corrected chi connectivity index (χ1v) is 7.41. The van der Waals surface area contributed by atoms with Crippen LogP contribution in [0.2, 0.25) is 5.02 Å². The van der Waals surface area contributed by atoms with Gasteiger partial charge < -0.3 is 15.1 Å². The molecule has 0 aromatic heterocycles. The van der Waals surface area contributed by atoms with Gasteiger partial charge in [0.2, 0.25) is 0 Å². The third-order valence-electron chi connectivity index (χ3n) is 3.86. The summed E-state index contributed by atoms with van der Waals surface area (Å²) >= 11 is 5.87. The number of piperidine rings is 1. The lowest BCUT2D eigenvalue weighted by atomic mass is 10.1. The predicted octanol–water partition coefficient (Wildman–Crippen LogP) is 2.78. The van der Waals surface area contributed by atoms with Crippen molar-refractivity contribution in [3.63, 3.8) is 0 Å². The normalized spacial score (nSPS) is 20.7. The molecule has 0 spiro atoms. The molecule has 1 aliphatic heterocycles. The Hall–Kier alpha value is -0.770. The Morgan fingerprint density at radius 3 is 2.79 bits per heavy atom. The van der Waals surface area contributed by atoms with Crippen molar-refractivity contribution in [2.24, 2.45) is 0 Å². The van der Waals surface area contributed by atoms with Crippen LogP contribution < -0.4 is 5.32 Å². The zero-order chi connectivity index (χ0) is 13.7. The summed E-state index contributed by atoms with van der Waals surface area (Å²) in [6.07, 6.45) is 2.64. The fraction of sp³-hybridized carbons (Fsp3) is 0.600. The van der Waals surface area contributed by atoms with Gasteiger partial charge in [0.25, 0.3) is 0 Å². The summed E-state index contributed by atoms with van der Waals surface area (Å²) in [5.74, 6) is 0. The lowest BCUT2D eigenvalue weighted by molar-refractivity contribution is 0.138.